The van der Waals surface area contributed by atoms with Gasteiger partial charge in [-0.2, -0.15) is 0 Å². The fourth-order valence-electron chi connectivity index (χ4n) is 2.07. The lowest BCUT2D eigenvalue weighted by atomic mass is 10.1. The van der Waals surface area contributed by atoms with Gasteiger partial charge in [-0.05, 0) is 37.6 Å². The number of rotatable bonds is 3. The monoisotopic (exact) mass is 250 g/mol. The number of carbonyl (C=O) groups is 1. The van der Waals surface area contributed by atoms with Crippen LogP contribution in [0.2, 0.25) is 0 Å². The minimum atomic E-state index is -0.165. The Balaban J connectivity index is 2.01. The maximum atomic E-state index is 12.0. The van der Waals surface area contributed by atoms with Crippen LogP contribution in [0.3, 0.4) is 0 Å². The SMILES string of the molecule is COc1ccc(C(=O)N[C@@H]2CCCNC2)cc1O. The normalized spacial score (nSPS) is 19.3. The van der Waals surface area contributed by atoms with E-state index in [0.717, 1.165) is 25.9 Å². The molecule has 0 aliphatic carbocycles. The second-order valence-corrected chi connectivity index (χ2v) is 4.40. The molecular weight excluding hydrogens is 232 g/mol. The minimum absolute atomic E-state index is 0.0214. The molecule has 2 rings (SSSR count). The Morgan fingerprint density at radius 2 is 2.39 bits per heavy atom. The van der Waals surface area contributed by atoms with Crippen molar-refractivity contribution >= 4 is 5.91 Å². The predicted molar refractivity (Wildman–Crippen MR) is 68.0 cm³/mol. The minimum Gasteiger partial charge on any atom is -0.504 e. The molecule has 0 unspecified atom stereocenters. The van der Waals surface area contributed by atoms with Crippen molar-refractivity contribution in [3.8, 4) is 11.5 Å². The number of aromatic hydroxyl groups is 1. The first-order chi connectivity index (χ1) is 8.70. The second-order valence-electron chi connectivity index (χ2n) is 4.40. The smallest absolute Gasteiger partial charge is 0.251 e. The molecule has 1 amide bonds. The summed E-state index contributed by atoms with van der Waals surface area (Å²) in [6, 6.07) is 4.81. The lowest BCUT2D eigenvalue weighted by Gasteiger charge is -2.23. The summed E-state index contributed by atoms with van der Waals surface area (Å²) in [5.74, 6) is 0.180. The van der Waals surface area contributed by atoms with Crippen molar-refractivity contribution in [3.63, 3.8) is 0 Å². The van der Waals surface area contributed by atoms with Crippen LogP contribution in [0.4, 0.5) is 0 Å². The largest absolute Gasteiger partial charge is 0.504 e. The molecule has 1 aromatic rings. The molecule has 1 aliphatic rings. The van der Waals surface area contributed by atoms with Gasteiger partial charge in [-0.1, -0.05) is 0 Å². The highest BCUT2D eigenvalue weighted by molar-refractivity contribution is 5.95. The first-order valence-corrected chi connectivity index (χ1v) is 6.09. The Kier molecular flexibility index (Phi) is 4.04. The molecule has 1 atom stereocenters. The molecule has 3 N–H and O–H groups in total. The van der Waals surface area contributed by atoms with Crippen molar-refractivity contribution in [3.05, 3.63) is 23.8 Å². The Morgan fingerprint density at radius 1 is 1.56 bits per heavy atom. The standard InChI is InChI=1S/C13H18N2O3/c1-18-12-5-4-9(7-11(12)16)13(17)15-10-3-2-6-14-8-10/h4-5,7,10,14,16H,2-3,6,8H2,1H3,(H,15,17)/t10-/m1/s1. The van der Waals surface area contributed by atoms with Crippen LogP contribution in [0.1, 0.15) is 23.2 Å². The van der Waals surface area contributed by atoms with Gasteiger partial charge in [-0.25, -0.2) is 0 Å². The van der Waals surface area contributed by atoms with E-state index < -0.39 is 0 Å². The van der Waals surface area contributed by atoms with Crippen molar-refractivity contribution in [2.75, 3.05) is 20.2 Å². The lowest BCUT2D eigenvalue weighted by Crippen LogP contribution is -2.45. The number of piperidine rings is 1. The summed E-state index contributed by atoms with van der Waals surface area (Å²) in [5, 5.41) is 15.8. The van der Waals surface area contributed by atoms with Crippen LogP contribution in [0.15, 0.2) is 18.2 Å². The van der Waals surface area contributed by atoms with Gasteiger partial charge < -0.3 is 20.5 Å². The molecular formula is C13H18N2O3. The fraction of sp³-hybridized carbons (Fsp3) is 0.462. The third-order valence-corrected chi connectivity index (χ3v) is 3.07. The van der Waals surface area contributed by atoms with E-state index in [1.165, 1.54) is 13.2 Å². The zero-order valence-electron chi connectivity index (χ0n) is 10.4. The summed E-state index contributed by atoms with van der Waals surface area (Å²) in [7, 11) is 1.47. The number of carbonyl (C=O) groups excluding carboxylic acids is 1. The maximum absolute atomic E-state index is 12.0. The van der Waals surface area contributed by atoms with Crippen molar-refractivity contribution in [1.82, 2.24) is 10.6 Å². The van der Waals surface area contributed by atoms with Gasteiger partial charge in [-0.15, -0.1) is 0 Å². The molecule has 18 heavy (non-hydrogen) atoms. The number of nitrogens with one attached hydrogen (secondary N) is 2. The van der Waals surface area contributed by atoms with Gasteiger partial charge in [0.05, 0.1) is 7.11 Å². The van der Waals surface area contributed by atoms with E-state index >= 15 is 0 Å². The van der Waals surface area contributed by atoms with Gasteiger partial charge in [0.2, 0.25) is 0 Å². The van der Waals surface area contributed by atoms with E-state index in [1.807, 2.05) is 0 Å². The van der Waals surface area contributed by atoms with Gasteiger partial charge in [0, 0.05) is 18.2 Å². The average molecular weight is 250 g/mol. The molecule has 5 nitrogen and oxygen atoms in total. The predicted octanol–water partition coefficient (Wildman–Crippen LogP) is 0.883. The van der Waals surface area contributed by atoms with Gasteiger partial charge in [0.15, 0.2) is 11.5 Å². The van der Waals surface area contributed by atoms with Crippen molar-refractivity contribution in [1.29, 1.82) is 0 Å². The van der Waals surface area contributed by atoms with Gasteiger partial charge >= 0.3 is 0 Å². The summed E-state index contributed by atoms with van der Waals surface area (Å²) in [6.45, 7) is 1.81. The molecule has 0 spiro atoms. The highest BCUT2D eigenvalue weighted by atomic mass is 16.5. The third-order valence-electron chi connectivity index (χ3n) is 3.07. The van der Waals surface area contributed by atoms with E-state index in [-0.39, 0.29) is 17.7 Å². The second kappa shape index (κ2) is 5.73. The number of amides is 1. The number of phenolic OH excluding ortho intramolecular Hbond substituents is 1. The molecule has 0 saturated carbocycles. The molecule has 1 saturated heterocycles. The number of phenols is 1. The number of hydrogen-bond donors (Lipinski definition) is 3. The zero-order chi connectivity index (χ0) is 13.0. The summed E-state index contributed by atoms with van der Waals surface area (Å²) in [4.78, 5) is 12.0. The van der Waals surface area contributed by atoms with E-state index in [0.29, 0.717) is 11.3 Å². The van der Waals surface area contributed by atoms with Crippen LogP contribution in [0.5, 0.6) is 11.5 Å². The Hall–Kier alpha value is -1.75. The summed E-state index contributed by atoms with van der Waals surface area (Å²) >= 11 is 0. The number of hydrogen-bond acceptors (Lipinski definition) is 4. The lowest BCUT2D eigenvalue weighted by molar-refractivity contribution is 0.0930. The molecule has 0 radical (unpaired) electrons. The molecule has 0 bridgehead atoms. The molecule has 1 aliphatic heterocycles. The molecule has 0 aromatic heterocycles. The van der Waals surface area contributed by atoms with Crippen molar-refractivity contribution in [2.24, 2.45) is 0 Å². The highest BCUT2D eigenvalue weighted by Gasteiger charge is 2.17. The van der Waals surface area contributed by atoms with Crippen molar-refractivity contribution in [2.45, 2.75) is 18.9 Å². The van der Waals surface area contributed by atoms with Crippen LogP contribution in [-0.2, 0) is 0 Å². The van der Waals surface area contributed by atoms with Crippen LogP contribution in [0, 0.1) is 0 Å². The maximum Gasteiger partial charge on any atom is 0.251 e. The third kappa shape index (κ3) is 2.92. The van der Waals surface area contributed by atoms with Crippen LogP contribution < -0.4 is 15.4 Å². The van der Waals surface area contributed by atoms with Crippen LogP contribution in [-0.4, -0.2) is 37.3 Å². The van der Waals surface area contributed by atoms with E-state index in [9.17, 15) is 9.90 Å². The Morgan fingerprint density at radius 3 is 3.00 bits per heavy atom. The van der Waals surface area contributed by atoms with E-state index in [1.54, 1.807) is 12.1 Å². The summed E-state index contributed by atoms with van der Waals surface area (Å²) in [5.41, 5.74) is 0.443. The van der Waals surface area contributed by atoms with Crippen molar-refractivity contribution < 1.29 is 14.6 Å². The Bertz CT molecular complexity index is 428. The molecule has 1 fully saturated rings. The van der Waals surface area contributed by atoms with Crippen LogP contribution >= 0.6 is 0 Å². The highest BCUT2D eigenvalue weighted by Crippen LogP contribution is 2.26. The first kappa shape index (κ1) is 12.7. The molecule has 98 valence electrons. The Labute approximate surface area is 106 Å². The summed E-state index contributed by atoms with van der Waals surface area (Å²) in [6.07, 6.45) is 2.06. The molecule has 1 aromatic carbocycles. The van der Waals surface area contributed by atoms with Gasteiger partial charge in [-0.3, -0.25) is 4.79 Å². The van der Waals surface area contributed by atoms with Gasteiger partial charge in [0.1, 0.15) is 0 Å². The van der Waals surface area contributed by atoms with Gasteiger partial charge in [0.25, 0.3) is 5.91 Å². The van der Waals surface area contributed by atoms with E-state index in [4.69, 9.17) is 4.74 Å². The first-order valence-electron chi connectivity index (χ1n) is 6.09. The topological polar surface area (TPSA) is 70.6 Å². The van der Waals surface area contributed by atoms with Crippen LogP contribution in [0.25, 0.3) is 0 Å². The quantitative estimate of drug-likeness (QED) is 0.745. The number of benzene rings is 1. The zero-order valence-corrected chi connectivity index (χ0v) is 10.4. The fourth-order valence-corrected chi connectivity index (χ4v) is 2.07. The summed E-state index contributed by atoms with van der Waals surface area (Å²) < 4.78 is 4.94. The molecule has 5 heteroatoms. The number of ether oxygens (including phenoxy) is 1. The number of methoxy groups -OCH3 is 1. The average Bonchev–Trinajstić information content (AvgIpc) is 2.39. The van der Waals surface area contributed by atoms with E-state index in [2.05, 4.69) is 10.6 Å². The molecule has 1 heterocycles.